The molecule has 0 radical (unpaired) electrons. The average molecular weight is 387 g/mol. The SMILES string of the molecule is COCCCCCOc1ccc([C@@H]2CC[C@](N)(COP(=O)(O)O)C2)cc1. The van der Waals surface area contributed by atoms with Gasteiger partial charge in [-0.05, 0) is 62.1 Å². The van der Waals surface area contributed by atoms with Gasteiger partial charge in [0.2, 0.25) is 0 Å². The van der Waals surface area contributed by atoms with E-state index in [1.165, 1.54) is 5.56 Å². The van der Waals surface area contributed by atoms with E-state index < -0.39 is 13.4 Å². The predicted molar refractivity (Wildman–Crippen MR) is 99.2 cm³/mol. The van der Waals surface area contributed by atoms with Crippen molar-refractivity contribution in [2.45, 2.75) is 50.0 Å². The molecule has 0 spiro atoms. The first-order valence-electron chi connectivity index (χ1n) is 9.02. The summed E-state index contributed by atoms with van der Waals surface area (Å²) in [5, 5.41) is 0. The zero-order valence-electron chi connectivity index (χ0n) is 15.3. The van der Waals surface area contributed by atoms with Gasteiger partial charge in [-0.2, -0.15) is 0 Å². The Morgan fingerprint density at radius 3 is 2.54 bits per heavy atom. The fourth-order valence-electron chi connectivity index (χ4n) is 3.34. The van der Waals surface area contributed by atoms with Crippen LogP contribution in [-0.2, 0) is 13.8 Å². The third kappa shape index (κ3) is 7.35. The highest BCUT2D eigenvalue weighted by molar-refractivity contribution is 7.46. The Hall–Kier alpha value is -0.950. The summed E-state index contributed by atoms with van der Waals surface area (Å²) in [6.07, 6.45) is 5.34. The van der Waals surface area contributed by atoms with E-state index in [1.807, 2.05) is 24.3 Å². The number of methoxy groups -OCH3 is 1. The molecular formula is C18H30NO6P. The van der Waals surface area contributed by atoms with Crippen LogP contribution in [0.4, 0.5) is 0 Å². The molecule has 4 N–H and O–H groups in total. The monoisotopic (exact) mass is 387 g/mol. The van der Waals surface area contributed by atoms with E-state index in [2.05, 4.69) is 4.52 Å². The van der Waals surface area contributed by atoms with Gasteiger partial charge in [-0.3, -0.25) is 4.52 Å². The Morgan fingerprint density at radius 2 is 1.88 bits per heavy atom. The van der Waals surface area contributed by atoms with Crippen molar-refractivity contribution in [1.29, 1.82) is 0 Å². The molecule has 1 aromatic rings. The van der Waals surface area contributed by atoms with Gasteiger partial charge in [0.05, 0.1) is 13.2 Å². The Kier molecular flexibility index (Phi) is 8.07. The van der Waals surface area contributed by atoms with Crippen molar-refractivity contribution in [3.8, 4) is 5.75 Å². The minimum atomic E-state index is -4.48. The quantitative estimate of drug-likeness (QED) is 0.395. The highest BCUT2D eigenvalue weighted by Crippen LogP contribution is 2.43. The summed E-state index contributed by atoms with van der Waals surface area (Å²) in [6, 6.07) is 8.02. The van der Waals surface area contributed by atoms with Crippen LogP contribution in [0.25, 0.3) is 0 Å². The number of ether oxygens (including phenoxy) is 2. The standard InChI is InChI=1S/C18H30NO6P/c1-23-11-3-2-4-12-24-17-7-5-15(6-8-17)16-9-10-18(19,13-16)14-25-26(20,21)22/h5-8,16H,2-4,9-14,19H2,1H3,(H2,20,21,22)/t16-,18-/m1/s1. The number of nitrogens with two attached hydrogens (primary N) is 1. The van der Waals surface area contributed by atoms with Crippen LogP contribution in [0.1, 0.15) is 50.0 Å². The lowest BCUT2D eigenvalue weighted by Gasteiger charge is -2.24. The predicted octanol–water partition coefficient (Wildman–Crippen LogP) is 2.96. The Bertz CT molecular complexity index is 590. The maximum atomic E-state index is 10.9. The topological polar surface area (TPSA) is 111 Å². The van der Waals surface area contributed by atoms with Crippen molar-refractivity contribution < 1.29 is 28.3 Å². The van der Waals surface area contributed by atoms with Crippen LogP contribution in [0, 0.1) is 0 Å². The van der Waals surface area contributed by atoms with Crippen molar-refractivity contribution in [1.82, 2.24) is 0 Å². The van der Waals surface area contributed by atoms with Gasteiger partial charge in [0.15, 0.2) is 0 Å². The van der Waals surface area contributed by atoms with Crippen molar-refractivity contribution in [3.05, 3.63) is 29.8 Å². The van der Waals surface area contributed by atoms with E-state index in [9.17, 15) is 4.57 Å². The summed E-state index contributed by atoms with van der Waals surface area (Å²) in [5.74, 6) is 1.12. The normalized spacial score (nSPS) is 23.3. The van der Waals surface area contributed by atoms with Gasteiger partial charge in [-0.1, -0.05) is 12.1 Å². The van der Waals surface area contributed by atoms with Crippen LogP contribution in [-0.4, -0.2) is 42.3 Å². The maximum absolute atomic E-state index is 10.9. The molecule has 0 aliphatic heterocycles. The summed E-state index contributed by atoms with van der Waals surface area (Å²) >= 11 is 0. The Morgan fingerprint density at radius 1 is 1.19 bits per heavy atom. The van der Waals surface area contributed by atoms with E-state index in [4.69, 9.17) is 25.0 Å². The molecule has 1 aliphatic carbocycles. The van der Waals surface area contributed by atoms with Gasteiger partial charge in [-0.25, -0.2) is 4.57 Å². The molecule has 148 valence electrons. The molecule has 1 aliphatic rings. The molecule has 2 atom stereocenters. The van der Waals surface area contributed by atoms with Crippen molar-refractivity contribution >= 4 is 7.82 Å². The molecular weight excluding hydrogens is 357 g/mol. The van der Waals surface area contributed by atoms with Crippen molar-refractivity contribution in [2.24, 2.45) is 5.73 Å². The first kappa shape index (κ1) is 21.4. The smallest absolute Gasteiger partial charge is 0.469 e. The average Bonchev–Trinajstić information content (AvgIpc) is 2.99. The largest absolute Gasteiger partial charge is 0.494 e. The highest BCUT2D eigenvalue weighted by atomic mass is 31.2. The van der Waals surface area contributed by atoms with E-state index >= 15 is 0 Å². The fourth-order valence-corrected chi connectivity index (χ4v) is 3.76. The molecule has 0 bridgehead atoms. The lowest BCUT2D eigenvalue weighted by molar-refractivity contribution is 0.153. The minimum Gasteiger partial charge on any atom is -0.494 e. The van der Waals surface area contributed by atoms with Crippen LogP contribution in [0.2, 0.25) is 0 Å². The summed E-state index contributed by atoms with van der Waals surface area (Å²) in [5.41, 5.74) is 6.71. The third-order valence-corrected chi connectivity index (χ3v) is 5.24. The van der Waals surface area contributed by atoms with E-state index in [1.54, 1.807) is 7.11 Å². The molecule has 26 heavy (non-hydrogen) atoms. The minimum absolute atomic E-state index is 0.127. The molecule has 1 fully saturated rings. The Labute approximate surface area is 155 Å². The molecule has 0 unspecified atom stereocenters. The van der Waals surface area contributed by atoms with Gasteiger partial charge >= 0.3 is 7.82 Å². The molecule has 0 amide bonds. The maximum Gasteiger partial charge on any atom is 0.469 e. The van der Waals surface area contributed by atoms with Crippen molar-refractivity contribution in [3.63, 3.8) is 0 Å². The first-order chi connectivity index (χ1) is 12.3. The second-order valence-electron chi connectivity index (χ2n) is 7.04. The summed E-state index contributed by atoms with van der Waals surface area (Å²) in [7, 11) is -2.77. The van der Waals surface area contributed by atoms with Gasteiger partial charge < -0.3 is 25.0 Å². The third-order valence-electron chi connectivity index (χ3n) is 4.78. The lowest BCUT2D eigenvalue weighted by atomic mass is 9.94. The number of benzene rings is 1. The van der Waals surface area contributed by atoms with Crippen molar-refractivity contribution in [2.75, 3.05) is 26.9 Å². The number of phosphoric acid groups is 1. The van der Waals surface area contributed by atoms with Crippen LogP contribution < -0.4 is 10.5 Å². The number of hydrogen-bond acceptors (Lipinski definition) is 5. The molecule has 0 saturated heterocycles. The van der Waals surface area contributed by atoms with Crippen LogP contribution in [0.3, 0.4) is 0 Å². The first-order valence-corrected chi connectivity index (χ1v) is 10.5. The molecule has 8 heteroatoms. The van der Waals surface area contributed by atoms with Gasteiger partial charge in [0.25, 0.3) is 0 Å². The van der Waals surface area contributed by atoms with E-state index in [-0.39, 0.29) is 12.5 Å². The fraction of sp³-hybridized carbons (Fsp3) is 0.667. The summed E-state index contributed by atoms with van der Waals surface area (Å²) in [4.78, 5) is 17.7. The lowest BCUT2D eigenvalue weighted by Crippen LogP contribution is -2.41. The summed E-state index contributed by atoms with van der Waals surface area (Å²) < 4.78 is 26.3. The highest BCUT2D eigenvalue weighted by Gasteiger charge is 2.38. The van der Waals surface area contributed by atoms with Gasteiger partial charge in [0, 0.05) is 19.3 Å². The molecule has 1 aromatic carbocycles. The van der Waals surface area contributed by atoms with E-state index in [0.717, 1.165) is 38.0 Å². The summed E-state index contributed by atoms with van der Waals surface area (Å²) in [6.45, 7) is 1.36. The second kappa shape index (κ2) is 9.83. The molecule has 2 rings (SSSR count). The number of phosphoric ester groups is 1. The molecule has 0 aromatic heterocycles. The second-order valence-corrected chi connectivity index (χ2v) is 8.28. The van der Waals surface area contributed by atoms with Gasteiger partial charge in [-0.15, -0.1) is 0 Å². The molecule has 7 nitrogen and oxygen atoms in total. The van der Waals surface area contributed by atoms with Crippen LogP contribution >= 0.6 is 7.82 Å². The molecule has 1 saturated carbocycles. The van der Waals surface area contributed by atoms with E-state index in [0.29, 0.717) is 19.4 Å². The van der Waals surface area contributed by atoms with Crippen LogP contribution in [0.5, 0.6) is 5.75 Å². The number of rotatable bonds is 11. The number of hydrogen-bond donors (Lipinski definition) is 3. The van der Waals surface area contributed by atoms with Crippen LogP contribution in [0.15, 0.2) is 24.3 Å². The Balaban J connectivity index is 1.77. The zero-order valence-corrected chi connectivity index (χ0v) is 16.2. The number of unbranched alkanes of at least 4 members (excludes halogenated alkanes) is 2. The van der Waals surface area contributed by atoms with Gasteiger partial charge in [0.1, 0.15) is 5.75 Å². The molecule has 0 heterocycles. The zero-order chi connectivity index (χ0) is 19.0.